The molecule has 0 saturated heterocycles. The number of nitrogens with zero attached hydrogens (tertiary/aromatic N) is 1. The van der Waals surface area contributed by atoms with Crippen molar-refractivity contribution in [3.8, 4) is 11.1 Å². The Morgan fingerprint density at radius 1 is 1.08 bits per heavy atom. The van der Waals surface area contributed by atoms with Crippen LogP contribution in [-0.4, -0.2) is 28.2 Å². The average Bonchev–Trinajstić information content (AvgIpc) is 2.56. The molecule has 0 aliphatic carbocycles. The summed E-state index contributed by atoms with van der Waals surface area (Å²) in [5.41, 5.74) is 0.0926. The lowest BCUT2D eigenvalue weighted by Crippen LogP contribution is -2.40. The van der Waals surface area contributed by atoms with Crippen molar-refractivity contribution in [1.82, 2.24) is 0 Å². The van der Waals surface area contributed by atoms with Gasteiger partial charge in [0, 0.05) is 10.6 Å². The summed E-state index contributed by atoms with van der Waals surface area (Å²) in [5.74, 6) is -1.31. The van der Waals surface area contributed by atoms with Crippen LogP contribution < -0.4 is 0 Å². The van der Waals surface area contributed by atoms with Gasteiger partial charge >= 0.3 is 5.97 Å². The number of hydrogen-bond donors (Lipinski definition) is 2. The predicted octanol–water partition coefficient (Wildman–Crippen LogP) is 4.63. The monoisotopic (exact) mass is 349 g/mol. The van der Waals surface area contributed by atoms with E-state index < -0.39 is 17.6 Å². The first-order valence-electron chi connectivity index (χ1n) is 7.23. The highest BCUT2D eigenvalue weighted by Gasteiger charge is 2.41. The molecule has 2 aromatic carbocycles. The zero-order valence-corrected chi connectivity index (χ0v) is 14.0. The third kappa shape index (κ3) is 3.57. The molecule has 2 aromatic rings. The van der Waals surface area contributed by atoms with E-state index in [1.165, 1.54) is 13.8 Å². The fourth-order valence-corrected chi connectivity index (χ4v) is 2.31. The first kappa shape index (κ1) is 17.9. The summed E-state index contributed by atoms with van der Waals surface area (Å²) in [4.78, 5) is 11.2. The van der Waals surface area contributed by atoms with Crippen LogP contribution in [0.3, 0.4) is 0 Å². The fourth-order valence-electron chi connectivity index (χ4n) is 2.18. The summed E-state index contributed by atoms with van der Waals surface area (Å²) < 4.78 is 14.6. The molecular weight excluding hydrogens is 333 g/mol. The first-order valence-corrected chi connectivity index (χ1v) is 7.61. The van der Waals surface area contributed by atoms with Crippen LogP contribution in [0.1, 0.15) is 19.4 Å². The molecule has 0 bridgehead atoms. The zero-order valence-electron chi connectivity index (χ0n) is 13.2. The van der Waals surface area contributed by atoms with Gasteiger partial charge in [0.05, 0.1) is 5.41 Å². The average molecular weight is 350 g/mol. The third-order valence-electron chi connectivity index (χ3n) is 3.89. The van der Waals surface area contributed by atoms with Gasteiger partial charge in [0.2, 0.25) is 0 Å². The molecule has 1 unspecified atom stereocenters. The molecule has 1 atom stereocenters. The highest BCUT2D eigenvalue weighted by molar-refractivity contribution is 6.30. The van der Waals surface area contributed by atoms with E-state index in [2.05, 4.69) is 5.16 Å². The number of carboxylic acids is 1. The van der Waals surface area contributed by atoms with Crippen LogP contribution in [0.5, 0.6) is 0 Å². The van der Waals surface area contributed by atoms with Crippen LogP contribution >= 0.6 is 11.6 Å². The van der Waals surface area contributed by atoms with Crippen molar-refractivity contribution < 1.29 is 19.5 Å². The molecule has 126 valence electrons. The number of carboxylic acid groups (broad SMARTS) is 1. The fraction of sp³-hybridized carbons (Fsp3) is 0.222. The van der Waals surface area contributed by atoms with Gasteiger partial charge in [-0.1, -0.05) is 53.2 Å². The van der Waals surface area contributed by atoms with Crippen LogP contribution in [0.25, 0.3) is 11.1 Å². The molecule has 0 spiro atoms. The molecule has 0 aliphatic heterocycles. The Bertz CT molecular complexity index is 755. The van der Waals surface area contributed by atoms with Crippen LogP contribution in [0.2, 0.25) is 5.02 Å². The summed E-state index contributed by atoms with van der Waals surface area (Å²) in [6, 6.07) is 13.9. The van der Waals surface area contributed by atoms with E-state index in [4.69, 9.17) is 21.9 Å². The minimum atomic E-state index is -1.96. The number of aliphatic carboxylic acids is 1. The van der Waals surface area contributed by atoms with E-state index in [9.17, 15) is 9.18 Å². The summed E-state index contributed by atoms with van der Waals surface area (Å²) in [6.45, 7) is 2.49. The minimum absolute atomic E-state index is 0.315. The standard InChI is InChI=1S/C18H17ClFNO3/c1-18(2,17(22)23)16(20)15(21-24)13-5-3-11(4-6-13)12-7-9-14(19)10-8-12/h3-10,16,24H,1-2H3,(H,22,23). The van der Waals surface area contributed by atoms with Gasteiger partial charge in [-0.2, -0.15) is 0 Å². The van der Waals surface area contributed by atoms with Gasteiger partial charge in [-0.15, -0.1) is 0 Å². The second-order valence-electron chi connectivity index (χ2n) is 5.96. The number of hydrogen-bond acceptors (Lipinski definition) is 3. The molecule has 24 heavy (non-hydrogen) atoms. The molecule has 2 N–H and O–H groups in total. The van der Waals surface area contributed by atoms with Gasteiger partial charge in [0.25, 0.3) is 0 Å². The van der Waals surface area contributed by atoms with E-state index in [1.807, 2.05) is 12.1 Å². The molecule has 0 saturated carbocycles. The van der Waals surface area contributed by atoms with Gasteiger partial charge in [-0.25, -0.2) is 4.39 Å². The van der Waals surface area contributed by atoms with Gasteiger partial charge in [-0.3, -0.25) is 4.79 Å². The number of benzene rings is 2. The lowest BCUT2D eigenvalue weighted by atomic mass is 9.83. The Balaban J connectivity index is 2.31. The Morgan fingerprint density at radius 3 is 1.96 bits per heavy atom. The molecule has 0 amide bonds. The Labute approximate surface area is 144 Å². The molecule has 0 heterocycles. The van der Waals surface area contributed by atoms with E-state index >= 15 is 0 Å². The van der Waals surface area contributed by atoms with E-state index in [0.717, 1.165) is 11.1 Å². The summed E-state index contributed by atoms with van der Waals surface area (Å²) >= 11 is 5.85. The van der Waals surface area contributed by atoms with Crippen LogP contribution in [0.15, 0.2) is 53.7 Å². The predicted molar refractivity (Wildman–Crippen MR) is 91.5 cm³/mol. The van der Waals surface area contributed by atoms with Crippen LogP contribution in [-0.2, 0) is 4.79 Å². The van der Waals surface area contributed by atoms with Gasteiger partial charge in [-0.05, 0) is 37.1 Å². The number of alkyl halides is 1. The van der Waals surface area contributed by atoms with Crippen molar-refractivity contribution in [2.45, 2.75) is 20.0 Å². The van der Waals surface area contributed by atoms with Gasteiger partial charge < -0.3 is 10.3 Å². The van der Waals surface area contributed by atoms with Crippen molar-refractivity contribution in [2.24, 2.45) is 10.6 Å². The normalized spacial score (nSPS) is 13.6. The maximum Gasteiger partial charge on any atom is 0.312 e. The summed E-state index contributed by atoms with van der Waals surface area (Å²) in [7, 11) is 0. The number of carbonyl (C=O) groups is 1. The number of rotatable bonds is 5. The maximum absolute atomic E-state index is 14.6. The molecule has 4 nitrogen and oxygen atoms in total. The van der Waals surface area contributed by atoms with Crippen molar-refractivity contribution in [2.75, 3.05) is 0 Å². The van der Waals surface area contributed by atoms with E-state index in [1.54, 1.807) is 36.4 Å². The zero-order chi connectivity index (χ0) is 17.9. The number of oxime groups is 1. The molecule has 2 rings (SSSR count). The molecule has 0 aromatic heterocycles. The summed E-state index contributed by atoms with van der Waals surface area (Å²) in [6.07, 6.45) is -1.96. The molecule has 6 heteroatoms. The second kappa shape index (κ2) is 7.01. The molecule has 0 fully saturated rings. The van der Waals surface area contributed by atoms with Crippen LogP contribution in [0.4, 0.5) is 4.39 Å². The van der Waals surface area contributed by atoms with E-state index in [0.29, 0.717) is 10.6 Å². The van der Waals surface area contributed by atoms with Crippen LogP contribution in [0, 0.1) is 5.41 Å². The topological polar surface area (TPSA) is 69.9 Å². The van der Waals surface area contributed by atoms with Gasteiger partial charge in [0.15, 0.2) is 6.17 Å². The number of halogens is 2. The Hall–Kier alpha value is -2.40. The largest absolute Gasteiger partial charge is 0.481 e. The summed E-state index contributed by atoms with van der Waals surface area (Å²) in [5, 5.41) is 21.9. The van der Waals surface area contributed by atoms with Crippen molar-refractivity contribution in [3.63, 3.8) is 0 Å². The Morgan fingerprint density at radius 2 is 1.54 bits per heavy atom. The van der Waals surface area contributed by atoms with Crippen molar-refractivity contribution >= 4 is 23.3 Å². The van der Waals surface area contributed by atoms with Gasteiger partial charge in [0.1, 0.15) is 5.71 Å². The quantitative estimate of drug-likeness (QED) is 0.469. The molecule has 0 radical (unpaired) electrons. The smallest absolute Gasteiger partial charge is 0.312 e. The van der Waals surface area contributed by atoms with E-state index in [-0.39, 0.29) is 5.71 Å². The third-order valence-corrected chi connectivity index (χ3v) is 4.14. The first-order chi connectivity index (χ1) is 11.3. The highest BCUT2D eigenvalue weighted by atomic mass is 35.5. The lowest BCUT2D eigenvalue weighted by Gasteiger charge is -2.24. The Kier molecular flexibility index (Phi) is 5.24. The highest BCUT2D eigenvalue weighted by Crippen LogP contribution is 2.28. The maximum atomic E-state index is 14.6. The molecular formula is C18H17ClFNO3. The van der Waals surface area contributed by atoms with Crippen molar-refractivity contribution in [1.29, 1.82) is 0 Å². The molecule has 0 aliphatic rings. The SMILES string of the molecule is CC(C)(C(=O)O)C(F)C(=NO)c1ccc(-c2ccc(Cl)cc2)cc1. The lowest BCUT2D eigenvalue weighted by molar-refractivity contribution is -0.149. The van der Waals surface area contributed by atoms with Crippen molar-refractivity contribution in [3.05, 3.63) is 59.1 Å². The minimum Gasteiger partial charge on any atom is -0.481 e. The second-order valence-corrected chi connectivity index (χ2v) is 6.40.